The second-order valence-electron chi connectivity index (χ2n) is 28.3. The molecule has 104 heavy (non-hydrogen) atoms. The SMILES string of the molecule is COc1ccc2c(c1)NC(=O)C2Cc1[nH]c2c(c1CCC(=O)O)CCCC2.Cc1cccc2c1C(Cc1[nH]c3c(c1CCC(=O)O)CCCC3)C(=O)N2.O=C(O)CCc1c(/C=C2\C(=O)Nc3ccc(Cl)cc32)[nH]c2c1CCCC2.O=C1Nc2ccccc2/C1=C/c1[nH]c2c(c1CCC(O)O)CCCC2. The van der Waals surface area contributed by atoms with E-state index in [1.54, 1.807) is 25.3 Å². The van der Waals surface area contributed by atoms with E-state index in [1.165, 1.54) is 45.0 Å². The van der Waals surface area contributed by atoms with E-state index >= 15 is 0 Å². The first-order valence-corrected chi connectivity index (χ1v) is 36.9. The van der Waals surface area contributed by atoms with E-state index in [2.05, 4.69) is 41.2 Å². The number of hydrogen-bond acceptors (Lipinski definition) is 10. The van der Waals surface area contributed by atoms with Crippen LogP contribution in [0, 0.1) is 6.92 Å². The van der Waals surface area contributed by atoms with Crippen LogP contribution in [-0.2, 0) is 123 Å². The van der Waals surface area contributed by atoms with E-state index in [1.807, 2.05) is 79.7 Å². The van der Waals surface area contributed by atoms with Crippen molar-refractivity contribution in [3.63, 3.8) is 0 Å². The molecule has 13 N–H and O–H groups in total. The second kappa shape index (κ2) is 31.8. The number of hydrogen-bond donors (Lipinski definition) is 13. The minimum atomic E-state index is -1.31. The number of carbonyl (C=O) groups excluding carboxylic acids is 4. The zero-order valence-corrected chi connectivity index (χ0v) is 59.4. The minimum Gasteiger partial charge on any atom is -0.497 e. The maximum absolute atomic E-state index is 12.6. The largest absolute Gasteiger partial charge is 0.497 e. The van der Waals surface area contributed by atoms with Gasteiger partial charge in [-0.05, 0) is 245 Å². The predicted molar refractivity (Wildman–Crippen MR) is 399 cm³/mol. The third-order valence-corrected chi connectivity index (χ3v) is 21.9. The number of halogens is 1. The minimum absolute atomic E-state index is 0.0185. The third kappa shape index (κ3) is 15.8. The van der Waals surface area contributed by atoms with Crippen LogP contribution in [0.5, 0.6) is 5.75 Å². The highest BCUT2D eigenvalue weighted by Gasteiger charge is 2.36. The van der Waals surface area contributed by atoms with Gasteiger partial charge in [-0.3, -0.25) is 33.6 Å². The molecule has 0 fully saturated rings. The van der Waals surface area contributed by atoms with Crippen LogP contribution in [0.1, 0.15) is 207 Å². The zero-order valence-electron chi connectivity index (χ0n) is 58.7. The van der Waals surface area contributed by atoms with Crippen molar-refractivity contribution in [3.05, 3.63) is 202 Å². The molecule has 21 nitrogen and oxygen atoms in total. The average Bonchev–Trinajstić information content (AvgIpc) is 1.64. The molecular formula is C82H89ClN8O13. The maximum atomic E-state index is 12.6. The van der Waals surface area contributed by atoms with Gasteiger partial charge in [-0.15, -0.1) is 0 Å². The molecule has 0 bridgehead atoms. The van der Waals surface area contributed by atoms with Crippen LogP contribution >= 0.6 is 11.6 Å². The van der Waals surface area contributed by atoms with Crippen LogP contribution in [0.4, 0.5) is 22.7 Å². The molecule has 4 aromatic carbocycles. The number of aromatic nitrogens is 4. The number of H-pyrrole nitrogens is 4. The molecule has 542 valence electrons. The van der Waals surface area contributed by atoms with E-state index < -0.39 is 24.2 Å². The maximum Gasteiger partial charge on any atom is 0.303 e. The number of aliphatic hydroxyl groups excluding tert-OH is 1. The van der Waals surface area contributed by atoms with Crippen molar-refractivity contribution in [2.75, 3.05) is 28.4 Å². The van der Waals surface area contributed by atoms with Gasteiger partial charge in [-0.1, -0.05) is 48.0 Å². The number of benzene rings is 4. The van der Waals surface area contributed by atoms with Gasteiger partial charge in [0.2, 0.25) is 11.8 Å². The number of carbonyl (C=O) groups is 7. The fourth-order valence-corrected chi connectivity index (χ4v) is 16.8. The number of aryl methyl sites for hydroxylation is 5. The van der Waals surface area contributed by atoms with Crippen LogP contribution in [0.3, 0.4) is 0 Å². The monoisotopic (exact) mass is 1430 g/mol. The number of nitrogens with one attached hydrogen (secondary N) is 8. The third-order valence-electron chi connectivity index (χ3n) is 21.6. The first-order valence-electron chi connectivity index (χ1n) is 36.5. The average molecular weight is 1430 g/mol. The number of aromatic amines is 4. The molecule has 0 saturated carbocycles. The quantitative estimate of drug-likeness (QED) is 0.0265. The molecular weight excluding hydrogens is 1340 g/mol. The summed E-state index contributed by atoms with van der Waals surface area (Å²) in [6.45, 7) is 2.04. The normalized spacial score (nSPS) is 17.8. The Balaban J connectivity index is 0.000000123. The molecule has 0 spiro atoms. The molecule has 0 saturated heterocycles. The summed E-state index contributed by atoms with van der Waals surface area (Å²) in [4.78, 5) is 97.3. The number of methoxy groups -OCH3 is 1. The lowest BCUT2D eigenvalue weighted by Gasteiger charge is -2.13. The van der Waals surface area contributed by atoms with Crippen LogP contribution in [0.25, 0.3) is 23.3 Å². The number of para-hydroxylation sites is 1. The van der Waals surface area contributed by atoms with Gasteiger partial charge >= 0.3 is 17.9 Å². The standard InChI is InChI=1S/C21H24N2O4.C21H24N2O3.C20H19ClN2O3.C20H22N2O3/c1-27-12-6-7-15-16(21(26)23-18(15)10-12)11-19-14(8-9-20(24)25)13-4-2-3-5-17(13)22-19;1-12-5-4-8-17-20(12)15(21(26)23-17)11-18-14(9-10-19(24)25)13-6-2-3-7-16(13)22-18;21-11-5-7-17-14(9-11)15(20(26)23-17)10-18-13(6-8-19(24)25)12-3-1-2-4-16(12)22-18;23-19(24)10-9-14-12-5-1-3-7-16(12)21-18(14)11-15-13-6-2-4-8-17(13)22-20(15)25/h6-7,10,16,22H,2-5,8-9,11H2,1H3,(H,23,26)(H,24,25);4-5,8,15,22H,2-3,6-7,9-11H2,1H3,(H,23,26)(H,24,25);5,7,9-10,22H,1-4,6,8H2,(H,23,26)(H,24,25);2,4,6,8,11,19,21,23-24H,1,3,5,7,9-10H2,(H,22,25)/b;;15-10-;15-11-. The first kappa shape index (κ1) is 72.1. The number of amides is 4. The number of ether oxygens (including phenoxy) is 1. The number of carboxylic acid groups (broad SMARTS) is 3. The Morgan fingerprint density at radius 1 is 0.500 bits per heavy atom. The highest BCUT2D eigenvalue weighted by atomic mass is 35.5. The Morgan fingerprint density at radius 3 is 1.51 bits per heavy atom. The van der Waals surface area contributed by atoms with Gasteiger partial charge in [0.25, 0.3) is 11.8 Å². The van der Waals surface area contributed by atoms with Crippen molar-refractivity contribution in [3.8, 4) is 5.75 Å². The van der Waals surface area contributed by atoms with Gasteiger partial charge in [-0.2, -0.15) is 0 Å². The van der Waals surface area contributed by atoms with E-state index in [0.29, 0.717) is 66.9 Å². The number of fused-ring (bicyclic) bond motifs is 8. The van der Waals surface area contributed by atoms with Crippen LogP contribution in [-0.4, -0.2) is 100 Å². The molecule has 4 amide bonds. The molecule has 8 heterocycles. The number of anilines is 4. The summed E-state index contributed by atoms with van der Waals surface area (Å²) >= 11 is 6.10. The summed E-state index contributed by atoms with van der Waals surface area (Å²) in [5.74, 6) is -2.40. The van der Waals surface area contributed by atoms with E-state index in [9.17, 15) is 43.8 Å². The Labute approximate surface area is 607 Å². The molecule has 2 unspecified atom stereocenters. The van der Waals surface area contributed by atoms with Crippen LogP contribution in [0.2, 0.25) is 5.02 Å². The first-order chi connectivity index (χ1) is 50.3. The summed E-state index contributed by atoms with van der Waals surface area (Å²) in [6, 6.07) is 24.6. The molecule has 16 rings (SSSR count). The summed E-state index contributed by atoms with van der Waals surface area (Å²) in [5, 5.41) is 58.1. The van der Waals surface area contributed by atoms with Crippen LogP contribution < -0.4 is 26.0 Å². The number of carboxylic acids is 3. The van der Waals surface area contributed by atoms with E-state index in [-0.39, 0.29) is 54.7 Å². The number of aliphatic carboxylic acids is 3. The van der Waals surface area contributed by atoms with Crippen LogP contribution in [0.15, 0.2) is 78.9 Å². The fourth-order valence-electron chi connectivity index (χ4n) is 16.6. The van der Waals surface area contributed by atoms with Gasteiger partial charge in [0.1, 0.15) is 5.75 Å². The lowest BCUT2D eigenvalue weighted by molar-refractivity contribution is -0.138. The summed E-state index contributed by atoms with van der Waals surface area (Å²) in [7, 11) is 1.61. The highest BCUT2D eigenvalue weighted by molar-refractivity contribution is 6.37. The lowest BCUT2D eigenvalue weighted by atomic mass is 9.88. The van der Waals surface area contributed by atoms with Gasteiger partial charge in [-0.25, -0.2) is 0 Å². The Bertz CT molecular complexity index is 4750. The highest BCUT2D eigenvalue weighted by Crippen LogP contribution is 2.43. The molecule has 4 aliphatic carbocycles. The van der Waals surface area contributed by atoms with Crippen molar-refractivity contribution < 1.29 is 63.8 Å². The van der Waals surface area contributed by atoms with Gasteiger partial charge in [0, 0.05) is 129 Å². The predicted octanol–water partition coefficient (Wildman–Crippen LogP) is 13.4. The van der Waals surface area contributed by atoms with Crippen molar-refractivity contribution in [1.29, 1.82) is 0 Å². The smallest absolute Gasteiger partial charge is 0.303 e. The summed E-state index contributed by atoms with van der Waals surface area (Å²) in [6.07, 6.45) is 23.4. The van der Waals surface area contributed by atoms with Crippen molar-refractivity contribution in [1.82, 2.24) is 19.9 Å². The summed E-state index contributed by atoms with van der Waals surface area (Å²) in [5.41, 5.74) is 27.6. The molecule has 4 aromatic heterocycles. The van der Waals surface area contributed by atoms with Crippen molar-refractivity contribution >= 4 is 99.2 Å². The molecule has 0 radical (unpaired) electrons. The number of rotatable bonds is 19. The summed E-state index contributed by atoms with van der Waals surface area (Å²) < 4.78 is 5.24. The molecule has 8 aliphatic rings. The fraction of sp³-hybridized carbons (Fsp3) is 0.378. The molecule has 2 atom stereocenters. The van der Waals surface area contributed by atoms with Gasteiger partial charge in [0.15, 0.2) is 6.29 Å². The molecule has 4 aliphatic heterocycles. The lowest BCUT2D eigenvalue weighted by Crippen LogP contribution is -2.16. The molecule has 22 heteroatoms. The topological polar surface area (TPSA) is 341 Å². The van der Waals surface area contributed by atoms with E-state index in [0.717, 1.165) is 198 Å². The Morgan fingerprint density at radius 2 is 0.962 bits per heavy atom. The Hall–Kier alpha value is -10.2. The van der Waals surface area contributed by atoms with Gasteiger partial charge < -0.3 is 71.5 Å². The zero-order chi connectivity index (χ0) is 72.9. The second-order valence-corrected chi connectivity index (χ2v) is 28.7. The van der Waals surface area contributed by atoms with Gasteiger partial charge in [0.05, 0.1) is 30.1 Å². The Kier molecular flexibility index (Phi) is 22.1. The van der Waals surface area contributed by atoms with Crippen molar-refractivity contribution in [2.24, 2.45) is 0 Å². The number of aliphatic hydroxyl groups is 2. The van der Waals surface area contributed by atoms with E-state index in [4.69, 9.17) is 31.7 Å². The van der Waals surface area contributed by atoms with Crippen molar-refractivity contribution in [2.45, 2.75) is 192 Å². The molecule has 8 aromatic rings.